The zero-order chi connectivity index (χ0) is 14.5. The van der Waals surface area contributed by atoms with Crippen molar-refractivity contribution in [1.82, 2.24) is 10.6 Å². The van der Waals surface area contributed by atoms with E-state index in [9.17, 15) is 9.59 Å². The third-order valence-electron chi connectivity index (χ3n) is 3.12. The molecule has 1 aromatic carbocycles. The first kappa shape index (κ1) is 14.0. The van der Waals surface area contributed by atoms with E-state index < -0.39 is 0 Å². The summed E-state index contributed by atoms with van der Waals surface area (Å²) in [5.74, 6) is -0.497. The maximum atomic E-state index is 11.6. The number of carbonyl (C=O) groups is 2. The van der Waals surface area contributed by atoms with Gasteiger partial charge in [-0.1, -0.05) is 23.4 Å². The number of amides is 2. The van der Waals surface area contributed by atoms with Gasteiger partial charge in [-0.2, -0.15) is 0 Å². The fourth-order valence-corrected chi connectivity index (χ4v) is 2.03. The summed E-state index contributed by atoms with van der Waals surface area (Å²) in [5, 5.41) is 17.0. The van der Waals surface area contributed by atoms with Gasteiger partial charge in [0.2, 0.25) is 11.8 Å². The summed E-state index contributed by atoms with van der Waals surface area (Å²) >= 11 is 0. The first-order chi connectivity index (χ1) is 9.60. The topological polar surface area (TPSA) is 117 Å². The van der Waals surface area contributed by atoms with E-state index in [4.69, 9.17) is 10.9 Å². The third kappa shape index (κ3) is 3.33. The standard InChI is InChI=1S/C13H16N4O3/c14-12(17-20)9-3-1-2-8(6-9)7-15-10-4-5-11(18)16-13(10)19/h1-3,6,10,15,20H,4-5,7H2,(H2,14,17)(H,16,18,19). The van der Waals surface area contributed by atoms with E-state index in [1.807, 2.05) is 6.07 Å². The second-order valence-corrected chi connectivity index (χ2v) is 4.57. The quantitative estimate of drug-likeness (QED) is 0.198. The Bertz CT molecular complexity index is 556. The number of piperidine rings is 1. The molecule has 1 fully saturated rings. The Balaban J connectivity index is 1.97. The van der Waals surface area contributed by atoms with E-state index in [-0.39, 0.29) is 23.7 Å². The second-order valence-electron chi connectivity index (χ2n) is 4.57. The minimum absolute atomic E-state index is 0.0351. The maximum absolute atomic E-state index is 11.6. The lowest BCUT2D eigenvalue weighted by Gasteiger charge is -2.21. The average molecular weight is 276 g/mol. The van der Waals surface area contributed by atoms with Gasteiger partial charge in [-0.05, 0) is 18.1 Å². The predicted octanol–water partition coefficient (Wildman–Crippen LogP) is -0.324. The van der Waals surface area contributed by atoms with Gasteiger partial charge in [0.15, 0.2) is 5.84 Å². The van der Waals surface area contributed by atoms with Gasteiger partial charge >= 0.3 is 0 Å². The van der Waals surface area contributed by atoms with Crippen LogP contribution in [0.15, 0.2) is 29.4 Å². The molecule has 0 saturated carbocycles. The van der Waals surface area contributed by atoms with Crippen LogP contribution in [0.1, 0.15) is 24.0 Å². The molecule has 0 aliphatic carbocycles. The van der Waals surface area contributed by atoms with Crippen LogP contribution < -0.4 is 16.4 Å². The van der Waals surface area contributed by atoms with Crippen LogP contribution in [0.3, 0.4) is 0 Å². The number of nitrogens with two attached hydrogens (primary N) is 1. The molecule has 1 aromatic rings. The summed E-state index contributed by atoms with van der Waals surface area (Å²) in [6.45, 7) is 0.457. The number of nitrogens with one attached hydrogen (secondary N) is 2. The second kappa shape index (κ2) is 6.16. The number of imide groups is 1. The summed E-state index contributed by atoms with van der Waals surface area (Å²) in [6.07, 6.45) is 0.832. The largest absolute Gasteiger partial charge is 0.409 e. The first-order valence-electron chi connectivity index (χ1n) is 6.24. The van der Waals surface area contributed by atoms with E-state index in [0.717, 1.165) is 5.56 Å². The molecular weight excluding hydrogens is 260 g/mol. The number of benzene rings is 1. The summed E-state index contributed by atoms with van der Waals surface area (Å²) < 4.78 is 0. The molecule has 5 N–H and O–H groups in total. The smallest absolute Gasteiger partial charge is 0.243 e. The van der Waals surface area contributed by atoms with Gasteiger partial charge in [-0.3, -0.25) is 14.9 Å². The number of oxime groups is 1. The fraction of sp³-hybridized carbons (Fsp3) is 0.308. The van der Waals surface area contributed by atoms with Crippen molar-refractivity contribution < 1.29 is 14.8 Å². The van der Waals surface area contributed by atoms with Gasteiger partial charge < -0.3 is 16.3 Å². The molecule has 0 radical (unpaired) electrons. The molecule has 1 heterocycles. The monoisotopic (exact) mass is 276 g/mol. The van der Waals surface area contributed by atoms with Crippen molar-refractivity contribution >= 4 is 17.6 Å². The molecular formula is C13H16N4O3. The number of hydrogen-bond donors (Lipinski definition) is 4. The molecule has 1 aliphatic rings. The minimum atomic E-state index is -0.375. The number of hydrogen-bond acceptors (Lipinski definition) is 5. The highest BCUT2D eigenvalue weighted by molar-refractivity contribution is 6.00. The minimum Gasteiger partial charge on any atom is -0.409 e. The van der Waals surface area contributed by atoms with E-state index in [2.05, 4.69) is 15.8 Å². The van der Waals surface area contributed by atoms with Crippen molar-refractivity contribution in [2.45, 2.75) is 25.4 Å². The molecule has 1 unspecified atom stereocenters. The average Bonchev–Trinajstić information content (AvgIpc) is 2.46. The summed E-state index contributed by atoms with van der Waals surface area (Å²) in [5.41, 5.74) is 7.03. The van der Waals surface area contributed by atoms with E-state index in [0.29, 0.717) is 24.9 Å². The molecule has 20 heavy (non-hydrogen) atoms. The Hall–Kier alpha value is -2.41. The van der Waals surface area contributed by atoms with E-state index in [1.165, 1.54) is 0 Å². The first-order valence-corrected chi connectivity index (χ1v) is 6.24. The Morgan fingerprint density at radius 2 is 2.30 bits per heavy atom. The molecule has 7 heteroatoms. The molecule has 2 rings (SSSR count). The summed E-state index contributed by atoms with van der Waals surface area (Å²) in [6, 6.07) is 6.78. The van der Waals surface area contributed by atoms with Gasteiger partial charge in [-0.15, -0.1) is 0 Å². The molecule has 106 valence electrons. The van der Waals surface area contributed by atoms with E-state index >= 15 is 0 Å². The fourth-order valence-electron chi connectivity index (χ4n) is 2.03. The van der Waals surface area contributed by atoms with Crippen LogP contribution in [-0.2, 0) is 16.1 Å². The highest BCUT2D eigenvalue weighted by Crippen LogP contribution is 2.08. The van der Waals surface area contributed by atoms with Crippen molar-refractivity contribution in [1.29, 1.82) is 0 Å². The highest BCUT2D eigenvalue weighted by atomic mass is 16.4. The maximum Gasteiger partial charge on any atom is 0.243 e. The molecule has 7 nitrogen and oxygen atoms in total. The van der Waals surface area contributed by atoms with Gasteiger partial charge in [0.1, 0.15) is 0 Å². The molecule has 0 bridgehead atoms. The van der Waals surface area contributed by atoms with Crippen molar-refractivity contribution in [2.24, 2.45) is 10.9 Å². The van der Waals surface area contributed by atoms with Crippen LogP contribution in [0, 0.1) is 0 Å². The molecule has 1 atom stereocenters. The Morgan fingerprint density at radius 3 is 3.00 bits per heavy atom. The number of amidine groups is 1. The number of carbonyl (C=O) groups excluding carboxylic acids is 2. The lowest BCUT2D eigenvalue weighted by atomic mass is 10.1. The molecule has 2 amide bonds. The van der Waals surface area contributed by atoms with Crippen LogP contribution in [0.2, 0.25) is 0 Å². The lowest BCUT2D eigenvalue weighted by Crippen LogP contribution is -2.50. The normalized spacial score (nSPS) is 19.8. The zero-order valence-corrected chi connectivity index (χ0v) is 10.8. The molecule has 1 aliphatic heterocycles. The number of rotatable bonds is 4. The zero-order valence-electron chi connectivity index (χ0n) is 10.8. The van der Waals surface area contributed by atoms with E-state index in [1.54, 1.807) is 18.2 Å². The van der Waals surface area contributed by atoms with Gasteiger partial charge in [0, 0.05) is 18.5 Å². The summed E-state index contributed by atoms with van der Waals surface area (Å²) in [7, 11) is 0. The van der Waals surface area contributed by atoms with Gasteiger partial charge in [0.05, 0.1) is 6.04 Å². The molecule has 0 spiro atoms. The highest BCUT2D eigenvalue weighted by Gasteiger charge is 2.25. The molecule has 1 saturated heterocycles. The Kier molecular flexibility index (Phi) is 4.31. The van der Waals surface area contributed by atoms with Crippen LogP contribution in [0.4, 0.5) is 0 Å². The lowest BCUT2D eigenvalue weighted by molar-refractivity contribution is -0.134. The predicted molar refractivity (Wildman–Crippen MR) is 72.0 cm³/mol. The van der Waals surface area contributed by atoms with Crippen LogP contribution in [0.25, 0.3) is 0 Å². The van der Waals surface area contributed by atoms with Crippen molar-refractivity contribution in [3.8, 4) is 0 Å². The van der Waals surface area contributed by atoms with Gasteiger partial charge in [-0.25, -0.2) is 0 Å². The van der Waals surface area contributed by atoms with Crippen molar-refractivity contribution in [2.75, 3.05) is 0 Å². The third-order valence-corrected chi connectivity index (χ3v) is 3.12. The Morgan fingerprint density at radius 1 is 1.50 bits per heavy atom. The molecule has 0 aromatic heterocycles. The number of nitrogens with zero attached hydrogens (tertiary/aromatic N) is 1. The van der Waals surface area contributed by atoms with Crippen LogP contribution >= 0.6 is 0 Å². The van der Waals surface area contributed by atoms with Crippen molar-refractivity contribution in [3.63, 3.8) is 0 Å². The SMILES string of the molecule is NC(=NO)c1cccc(CNC2CCC(=O)NC2=O)c1. The van der Waals surface area contributed by atoms with Crippen LogP contribution in [0.5, 0.6) is 0 Å². The Labute approximate surface area is 115 Å². The summed E-state index contributed by atoms with van der Waals surface area (Å²) in [4.78, 5) is 22.6. The van der Waals surface area contributed by atoms with Crippen molar-refractivity contribution in [3.05, 3.63) is 35.4 Å². The van der Waals surface area contributed by atoms with Crippen LogP contribution in [-0.4, -0.2) is 28.9 Å². The van der Waals surface area contributed by atoms with Gasteiger partial charge in [0.25, 0.3) is 0 Å².